The molecule has 4 N–H and O–H groups in total. The molecule has 106 valence electrons. The lowest BCUT2D eigenvalue weighted by atomic mass is 10.3. The highest BCUT2D eigenvalue weighted by atomic mass is 16.5. The van der Waals surface area contributed by atoms with Gasteiger partial charge in [0, 0.05) is 24.2 Å². The third-order valence-corrected chi connectivity index (χ3v) is 2.74. The van der Waals surface area contributed by atoms with Crippen molar-refractivity contribution in [1.29, 1.82) is 0 Å². The van der Waals surface area contributed by atoms with Gasteiger partial charge in [-0.3, -0.25) is 0 Å². The van der Waals surface area contributed by atoms with Gasteiger partial charge in [-0.2, -0.15) is 0 Å². The molecule has 2 rings (SSSR count). The number of benzene rings is 1. The summed E-state index contributed by atoms with van der Waals surface area (Å²) in [5.74, 6) is 8.27. The van der Waals surface area contributed by atoms with Crippen LogP contribution in [0.15, 0.2) is 30.3 Å². The fourth-order valence-electron chi connectivity index (χ4n) is 1.82. The molecule has 1 aromatic heterocycles. The molecular formula is C14H19N5O. The standard InChI is InChI=1S/C14H19N5O/c1-3-5-12-17-13(9-14(18-12)19-15)16-10-6-4-7-11(8-10)20-2/h4,6-9H,3,5,15H2,1-2H3,(H2,16,17,18,19). The third-order valence-electron chi connectivity index (χ3n) is 2.74. The molecule has 20 heavy (non-hydrogen) atoms. The van der Waals surface area contributed by atoms with Gasteiger partial charge in [0.15, 0.2) is 0 Å². The van der Waals surface area contributed by atoms with Gasteiger partial charge in [0.2, 0.25) is 0 Å². The van der Waals surface area contributed by atoms with E-state index in [9.17, 15) is 0 Å². The molecule has 0 fully saturated rings. The lowest BCUT2D eigenvalue weighted by Crippen LogP contribution is -2.11. The number of rotatable bonds is 6. The molecule has 0 aliphatic carbocycles. The first kappa shape index (κ1) is 14.1. The van der Waals surface area contributed by atoms with E-state index in [0.717, 1.165) is 30.1 Å². The number of nitrogen functional groups attached to an aromatic ring is 1. The summed E-state index contributed by atoms with van der Waals surface area (Å²) in [6, 6.07) is 9.41. The Bertz CT molecular complexity index is 573. The second-order valence-corrected chi connectivity index (χ2v) is 4.31. The summed E-state index contributed by atoms with van der Waals surface area (Å²) < 4.78 is 5.19. The van der Waals surface area contributed by atoms with E-state index in [4.69, 9.17) is 10.6 Å². The topological polar surface area (TPSA) is 85.1 Å². The predicted molar refractivity (Wildman–Crippen MR) is 80.1 cm³/mol. The SMILES string of the molecule is CCCc1nc(NN)cc(Nc2cccc(OC)c2)n1. The normalized spacial score (nSPS) is 10.2. The first-order chi connectivity index (χ1) is 9.75. The van der Waals surface area contributed by atoms with Crippen molar-refractivity contribution in [2.75, 3.05) is 17.9 Å². The molecule has 0 aliphatic heterocycles. The molecule has 0 aliphatic rings. The first-order valence-electron chi connectivity index (χ1n) is 6.50. The van der Waals surface area contributed by atoms with Gasteiger partial charge < -0.3 is 15.5 Å². The van der Waals surface area contributed by atoms with Crippen LogP contribution < -0.4 is 21.3 Å². The number of methoxy groups -OCH3 is 1. The summed E-state index contributed by atoms with van der Waals surface area (Å²) in [6.45, 7) is 2.08. The molecule has 6 heteroatoms. The molecule has 0 unspecified atom stereocenters. The van der Waals surface area contributed by atoms with E-state index < -0.39 is 0 Å². The first-order valence-corrected chi connectivity index (χ1v) is 6.50. The fraction of sp³-hybridized carbons (Fsp3) is 0.286. The second-order valence-electron chi connectivity index (χ2n) is 4.31. The molecule has 0 radical (unpaired) electrons. The Morgan fingerprint density at radius 1 is 1.20 bits per heavy atom. The second kappa shape index (κ2) is 6.72. The number of nitrogens with zero attached hydrogens (tertiary/aromatic N) is 2. The number of nitrogens with two attached hydrogens (primary N) is 1. The van der Waals surface area contributed by atoms with Gasteiger partial charge in [-0.15, -0.1) is 0 Å². The molecule has 2 aromatic rings. The molecule has 1 aromatic carbocycles. The van der Waals surface area contributed by atoms with Crippen molar-refractivity contribution < 1.29 is 4.74 Å². The highest BCUT2D eigenvalue weighted by Gasteiger charge is 2.04. The maximum Gasteiger partial charge on any atom is 0.145 e. The maximum absolute atomic E-state index is 5.43. The quantitative estimate of drug-likeness (QED) is 0.554. The Morgan fingerprint density at radius 3 is 2.70 bits per heavy atom. The minimum Gasteiger partial charge on any atom is -0.497 e. The Balaban J connectivity index is 2.24. The zero-order valence-electron chi connectivity index (χ0n) is 11.7. The third kappa shape index (κ3) is 3.58. The Labute approximate surface area is 118 Å². The van der Waals surface area contributed by atoms with Crippen LogP contribution in [0.2, 0.25) is 0 Å². The van der Waals surface area contributed by atoms with Gasteiger partial charge in [-0.05, 0) is 18.6 Å². The summed E-state index contributed by atoms with van der Waals surface area (Å²) in [5.41, 5.74) is 3.46. The van der Waals surface area contributed by atoms with Gasteiger partial charge in [0.1, 0.15) is 23.2 Å². The fourth-order valence-corrected chi connectivity index (χ4v) is 1.82. The number of nitrogens with one attached hydrogen (secondary N) is 2. The minimum absolute atomic E-state index is 0.592. The number of aryl methyl sites for hydroxylation is 1. The van der Waals surface area contributed by atoms with E-state index in [-0.39, 0.29) is 0 Å². The van der Waals surface area contributed by atoms with E-state index in [2.05, 4.69) is 27.6 Å². The number of ether oxygens (including phenoxy) is 1. The van der Waals surface area contributed by atoms with Crippen molar-refractivity contribution in [3.8, 4) is 5.75 Å². The van der Waals surface area contributed by atoms with Crippen molar-refractivity contribution in [2.24, 2.45) is 5.84 Å². The van der Waals surface area contributed by atoms with E-state index in [1.807, 2.05) is 24.3 Å². The average Bonchev–Trinajstić information content (AvgIpc) is 2.47. The van der Waals surface area contributed by atoms with Crippen LogP contribution in [0.4, 0.5) is 17.3 Å². The van der Waals surface area contributed by atoms with Crippen molar-refractivity contribution in [1.82, 2.24) is 9.97 Å². The number of hydrogen-bond acceptors (Lipinski definition) is 6. The van der Waals surface area contributed by atoms with E-state index in [1.54, 1.807) is 13.2 Å². The average molecular weight is 273 g/mol. The molecule has 0 spiro atoms. The van der Waals surface area contributed by atoms with Crippen LogP contribution in [0.1, 0.15) is 19.2 Å². The van der Waals surface area contributed by atoms with Crippen LogP contribution >= 0.6 is 0 Å². The zero-order chi connectivity index (χ0) is 14.4. The molecular weight excluding hydrogens is 254 g/mol. The Kier molecular flexibility index (Phi) is 4.73. The smallest absolute Gasteiger partial charge is 0.145 e. The van der Waals surface area contributed by atoms with Crippen LogP contribution in [0.3, 0.4) is 0 Å². The maximum atomic E-state index is 5.43. The van der Waals surface area contributed by atoms with Crippen LogP contribution in [0.25, 0.3) is 0 Å². The zero-order valence-corrected chi connectivity index (χ0v) is 11.7. The molecule has 1 heterocycles. The number of aromatic nitrogens is 2. The molecule has 0 atom stereocenters. The van der Waals surface area contributed by atoms with Crippen molar-refractivity contribution in [3.05, 3.63) is 36.2 Å². The van der Waals surface area contributed by atoms with Crippen LogP contribution in [0, 0.1) is 0 Å². The molecule has 0 amide bonds. The van der Waals surface area contributed by atoms with Crippen molar-refractivity contribution in [2.45, 2.75) is 19.8 Å². The monoisotopic (exact) mass is 273 g/mol. The highest BCUT2D eigenvalue weighted by Crippen LogP contribution is 2.21. The molecule has 0 saturated carbocycles. The highest BCUT2D eigenvalue weighted by molar-refractivity contribution is 5.60. The lowest BCUT2D eigenvalue weighted by molar-refractivity contribution is 0.415. The van der Waals surface area contributed by atoms with E-state index >= 15 is 0 Å². The number of hydrazine groups is 1. The van der Waals surface area contributed by atoms with E-state index in [1.165, 1.54) is 0 Å². The van der Waals surface area contributed by atoms with Crippen molar-refractivity contribution >= 4 is 17.3 Å². The van der Waals surface area contributed by atoms with Gasteiger partial charge in [-0.25, -0.2) is 15.8 Å². The summed E-state index contributed by atoms with van der Waals surface area (Å²) in [7, 11) is 1.64. The van der Waals surface area contributed by atoms with Crippen molar-refractivity contribution in [3.63, 3.8) is 0 Å². The van der Waals surface area contributed by atoms with Crippen LogP contribution in [-0.4, -0.2) is 17.1 Å². The van der Waals surface area contributed by atoms with Gasteiger partial charge >= 0.3 is 0 Å². The van der Waals surface area contributed by atoms with E-state index in [0.29, 0.717) is 11.6 Å². The predicted octanol–water partition coefficient (Wildman–Crippen LogP) is 2.47. The number of hydrogen-bond donors (Lipinski definition) is 3. The molecule has 0 bridgehead atoms. The largest absolute Gasteiger partial charge is 0.497 e. The Morgan fingerprint density at radius 2 is 2.00 bits per heavy atom. The van der Waals surface area contributed by atoms with Gasteiger partial charge in [0.25, 0.3) is 0 Å². The van der Waals surface area contributed by atoms with Gasteiger partial charge in [0.05, 0.1) is 7.11 Å². The minimum atomic E-state index is 0.592. The summed E-state index contributed by atoms with van der Waals surface area (Å²) in [4.78, 5) is 8.77. The van der Waals surface area contributed by atoms with Gasteiger partial charge in [-0.1, -0.05) is 13.0 Å². The summed E-state index contributed by atoms with van der Waals surface area (Å²) in [5, 5.41) is 3.23. The summed E-state index contributed by atoms with van der Waals surface area (Å²) in [6.07, 6.45) is 1.79. The molecule has 6 nitrogen and oxygen atoms in total. The number of anilines is 3. The van der Waals surface area contributed by atoms with Crippen LogP contribution in [-0.2, 0) is 6.42 Å². The summed E-state index contributed by atoms with van der Waals surface area (Å²) >= 11 is 0. The lowest BCUT2D eigenvalue weighted by Gasteiger charge is -2.10. The van der Waals surface area contributed by atoms with Crippen LogP contribution in [0.5, 0.6) is 5.75 Å². The molecule has 0 saturated heterocycles. The Hall–Kier alpha value is -2.34.